The van der Waals surface area contributed by atoms with E-state index in [1.165, 1.54) is 27.7 Å². The van der Waals surface area contributed by atoms with Crippen LogP contribution in [0.1, 0.15) is 47.4 Å². The first kappa shape index (κ1) is 22.8. The van der Waals surface area contributed by atoms with Crippen molar-refractivity contribution in [2.45, 2.75) is 37.6 Å². The molecule has 34 heavy (non-hydrogen) atoms. The van der Waals surface area contributed by atoms with Crippen LogP contribution < -0.4 is 10.4 Å². The number of fused-ring (bicyclic) bond motifs is 2. The third kappa shape index (κ3) is 3.84. The maximum absolute atomic E-state index is 13.6. The summed E-state index contributed by atoms with van der Waals surface area (Å²) in [5.41, 5.74) is 3.27. The molecule has 1 aliphatic carbocycles. The smallest absolute Gasteiger partial charge is 0.278 e. The van der Waals surface area contributed by atoms with Gasteiger partial charge in [0.15, 0.2) is 11.4 Å². The average Bonchev–Trinajstić information content (AvgIpc) is 2.98. The zero-order valence-corrected chi connectivity index (χ0v) is 20.6. The summed E-state index contributed by atoms with van der Waals surface area (Å²) in [5.74, 6) is 0.0640. The number of aromatic nitrogens is 1. The third-order valence-corrected chi connectivity index (χ3v) is 7.94. The van der Waals surface area contributed by atoms with E-state index in [1.807, 2.05) is 37.7 Å². The summed E-state index contributed by atoms with van der Waals surface area (Å²) in [6.07, 6.45) is 7.96. The largest absolute Gasteiger partial charge is 0.502 e. The highest BCUT2D eigenvalue weighted by Crippen LogP contribution is 2.45. The molecule has 1 aromatic carbocycles. The van der Waals surface area contributed by atoms with Crippen LogP contribution in [0.5, 0.6) is 5.75 Å². The van der Waals surface area contributed by atoms with Gasteiger partial charge in [-0.05, 0) is 50.6 Å². The molecule has 2 unspecified atom stereocenters. The molecule has 1 aromatic heterocycles. The summed E-state index contributed by atoms with van der Waals surface area (Å²) in [4.78, 5) is 31.0. The van der Waals surface area contributed by atoms with Crippen molar-refractivity contribution in [1.82, 2.24) is 14.5 Å². The number of carbonyl (C=O) groups excluding carboxylic acids is 1. The van der Waals surface area contributed by atoms with E-state index in [-0.39, 0.29) is 23.7 Å². The van der Waals surface area contributed by atoms with Crippen LogP contribution in [-0.2, 0) is 5.75 Å². The van der Waals surface area contributed by atoms with Crippen molar-refractivity contribution in [2.75, 3.05) is 32.3 Å². The topological polar surface area (TPSA) is 69.0 Å². The third-order valence-electron chi connectivity index (χ3n) is 6.78. The van der Waals surface area contributed by atoms with Gasteiger partial charge >= 0.3 is 0 Å². The van der Waals surface area contributed by atoms with Crippen molar-refractivity contribution >= 4 is 17.7 Å². The summed E-state index contributed by atoms with van der Waals surface area (Å²) in [5, 5.41) is 12.9. The van der Waals surface area contributed by atoms with E-state index in [0.29, 0.717) is 13.2 Å². The highest BCUT2D eigenvalue weighted by molar-refractivity contribution is 8.02. The lowest BCUT2D eigenvalue weighted by Crippen LogP contribution is -2.59. The summed E-state index contributed by atoms with van der Waals surface area (Å²) in [7, 11) is 3.95. The zero-order valence-electron chi connectivity index (χ0n) is 19.8. The quantitative estimate of drug-likeness (QED) is 0.726. The van der Waals surface area contributed by atoms with Gasteiger partial charge in [0, 0.05) is 35.5 Å². The zero-order chi connectivity index (χ0) is 24.0. The van der Waals surface area contributed by atoms with E-state index < -0.39 is 11.2 Å². The minimum absolute atomic E-state index is 0.0345. The molecule has 2 atom stereocenters. The second-order valence-electron chi connectivity index (χ2n) is 9.41. The number of rotatable bonds is 4. The molecule has 7 nitrogen and oxygen atoms in total. The van der Waals surface area contributed by atoms with Crippen molar-refractivity contribution < 1.29 is 9.90 Å². The van der Waals surface area contributed by atoms with Crippen LogP contribution >= 0.6 is 11.8 Å². The van der Waals surface area contributed by atoms with Gasteiger partial charge in [0.2, 0.25) is 5.43 Å². The number of hydrogen-bond acceptors (Lipinski definition) is 6. The summed E-state index contributed by atoms with van der Waals surface area (Å²) >= 11 is 1.85. The molecule has 0 bridgehead atoms. The van der Waals surface area contributed by atoms with Crippen molar-refractivity contribution in [1.29, 1.82) is 0 Å². The molecule has 0 saturated carbocycles. The molecule has 2 aromatic rings. The molecule has 0 saturated heterocycles. The van der Waals surface area contributed by atoms with Crippen LogP contribution in [0.3, 0.4) is 0 Å². The van der Waals surface area contributed by atoms with E-state index in [0.717, 1.165) is 18.6 Å². The van der Waals surface area contributed by atoms with Crippen molar-refractivity contribution in [2.24, 2.45) is 0 Å². The van der Waals surface area contributed by atoms with Crippen LogP contribution in [0.2, 0.25) is 0 Å². The number of hydrogen-bond donors (Lipinski definition) is 1. The normalized spacial score (nSPS) is 20.7. The predicted molar refractivity (Wildman–Crippen MR) is 136 cm³/mol. The Hall–Kier alpha value is -2.97. The Labute approximate surface area is 203 Å². The average molecular weight is 479 g/mol. The van der Waals surface area contributed by atoms with Crippen LogP contribution in [0.25, 0.3) is 0 Å². The first-order valence-corrected chi connectivity index (χ1v) is 12.6. The molecule has 0 radical (unpaired) electrons. The SMILES string of the molecule is CC(CN(C)C)N1CN(C2C3=C(C=CCC3)SCc3ccccc32)n2ccc(=O)c(O)c2C1=O. The Morgan fingerprint density at radius 2 is 2.00 bits per heavy atom. The number of allylic oxidation sites excluding steroid dienone is 2. The van der Waals surface area contributed by atoms with Gasteiger partial charge in [0.05, 0.1) is 6.04 Å². The van der Waals surface area contributed by atoms with E-state index in [4.69, 9.17) is 0 Å². The molecule has 1 amide bonds. The highest BCUT2D eigenvalue weighted by Gasteiger charge is 2.40. The Bertz CT molecular complexity index is 1250. The summed E-state index contributed by atoms with van der Waals surface area (Å²) in [6, 6.07) is 9.58. The minimum atomic E-state index is -0.543. The lowest BCUT2D eigenvalue weighted by Gasteiger charge is -2.47. The molecular weight excluding hydrogens is 448 g/mol. The molecule has 5 rings (SSSR count). The monoisotopic (exact) mass is 478 g/mol. The fourth-order valence-corrected chi connectivity index (χ4v) is 6.38. The van der Waals surface area contributed by atoms with Gasteiger partial charge in [-0.2, -0.15) is 0 Å². The summed E-state index contributed by atoms with van der Waals surface area (Å²) < 4.78 is 1.71. The first-order chi connectivity index (χ1) is 16.4. The molecule has 178 valence electrons. The van der Waals surface area contributed by atoms with Gasteiger partial charge in [0.1, 0.15) is 6.67 Å². The van der Waals surface area contributed by atoms with Crippen LogP contribution in [0, 0.1) is 0 Å². The maximum atomic E-state index is 13.6. The number of thioether (sulfide) groups is 1. The fourth-order valence-electron chi connectivity index (χ4n) is 5.22. The number of pyridine rings is 1. The Morgan fingerprint density at radius 3 is 2.79 bits per heavy atom. The van der Waals surface area contributed by atoms with E-state index >= 15 is 0 Å². The van der Waals surface area contributed by atoms with Gasteiger partial charge < -0.3 is 14.9 Å². The van der Waals surface area contributed by atoms with Gasteiger partial charge in [-0.15, -0.1) is 11.8 Å². The van der Waals surface area contributed by atoms with E-state index in [1.54, 1.807) is 15.8 Å². The van der Waals surface area contributed by atoms with Gasteiger partial charge in [-0.3, -0.25) is 19.3 Å². The van der Waals surface area contributed by atoms with Crippen molar-refractivity contribution in [3.63, 3.8) is 0 Å². The molecule has 0 spiro atoms. The lowest BCUT2D eigenvalue weighted by atomic mass is 9.89. The Balaban J connectivity index is 1.72. The van der Waals surface area contributed by atoms with Crippen molar-refractivity contribution in [3.8, 4) is 5.75 Å². The fraction of sp³-hybridized carbons (Fsp3) is 0.385. The Kier molecular flexibility index (Phi) is 6.04. The molecule has 3 aliphatic rings. The van der Waals surface area contributed by atoms with Crippen LogP contribution in [0.15, 0.2) is 64.0 Å². The van der Waals surface area contributed by atoms with Crippen molar-refractivity contribution in [3.05, 3.63) is 86.2 Å². The molecule has 0 fully saturated rings. The number of likely N-dealkylation sites (N-methyl/N-ethyl adjacent to an activating group) is 1. The number of carbonyl (C=O) groups is 1. The number of aromatic hydroxyl groups is 1. The first-order valence-electron chi connectivity index (χ1n) is 11.6. The number of benzene rings is 1. The second kappa shape index (κ2) is 9.00. The highest BCUT2D eigenvalue weighted by atomic mass is 32.2. The number of nitrogens with zero attached hydrogens (tertiary/aromatic N) is 4. The van der Waals surface area contributed by atoms with E-state index in [2.05, 4.69) is 41.4 Å². The standard InChI is InChI=1S/C26H30N4O3S/c1-17(14-27(2)3)28-16-30(29-13-12-21(31)25(32)24(29)26(28)33)23-19-9-5-4-8-18(19)15-34-22-11-7-6-10-20(22)23/h4-5,7-9,11-13,17,23,32H,6,10,14-16H2,1-3H3. The molecule has 2 aliphatic heterocycles. The van der Waals surface area contributed by atoms with Gasteiger partial charge in [-0.1, -0.05) is 36.4 Å². The maximum Gasteiger partial charge on any atom is 0.278 e. The van der Waals surface area contributed by atoms with Gasteiger partial charge in [0.25, 0.3) is 5.91 Å². The van der Waals surface area contributed by atoms with Gasteiger partial charge in [-0.25, -0.2) is 0 Å². The molecule has 1 N–H and O–H groups in total. The minimum Gasteiger partial charge on any atom is -0.502 e. The number of amides is 1. The second-order valence-corrected chi connectivity index (χ2v) is 10.4. The van der Waals surface area contributed by atoms with E-state index in [9.17, 15) is 14.7 Å². The lowest BCUT2D eigenvalue weighted by molar-refractivity contribution is 0.0576. The molecular formula is C26H30N4O3S. The van der Waals surface area contributed by atoms with Crippen LogP contribution in [-0.4, -0.2) is 58.8 Å². The summed E-state index contributed by atoms with van der Waals surface area (Å²) in [6.45, 7) is 3.03. The molecule has 8 heteroatoms. The van der Waals surface area contributed by atoms with Crippen LogP contribution in [0.4, 0.5) is 0 Å². The Morgan fingerprint density at radius 1 is 1.21 bits per heavy atom. The predicted octanol–water partition coefficient (Wildman–Crippen LogP) is 3.45. The molecule has 3 heterocycles.